The van der Waals surface area contributed by atoms with Gasteiger partial charge in [0.15, 0.2) is 0 Å². The van der Waals surface area contributed by atoms with Crippen LogP contribution < -0.4 is 20.1 Å². The van der Waals surface area contributed by atoms with Gasteiger partial charge in [-0.3, -0.25) is 0 Å². The fourth-order valence-electron chi connectivity index (χ4n) is 3.75. The van der Waals surface area contributed by atoms with Gasteiger partial charge in [0, 0.05) is 18.2 Å². The van der Waals surface area contributed by atoms with Crippen molar-refractivity contribution in [2.45, 2.75) is 53.0 Å². The Bertz CT molecular complexity index is 1080. The summed E-state index contributed by atoms with van der Waals surface area (Å²) >= 11 is 0. The highest BCUT2D eigenvalue weighted by Crippen LogP contribution is 2.37. The van der Waals surface area contributed by atoms with Crippen LogP contribution in [0.1, 0.15) is 51.3 Å². The molecule has 4 rings (SSSR count). The van der Waals surface area contributed by atoms with Crippen LogP contribution in [0.4, 0.5) is 20.2 Å². The van der Waals surface area contributed by atoms with Gasteiger partial charge in [-0.1, -0.05) is 32.9 Å². The van der Waals surface area contributed by atoms with Crippen molar-refractivity contribution in [2.24, 2.45) is 0 Å². The number of hydrogen-bond acceptors (Lipinski definition) is 5. The normalized spacial score (nSPS) is 14.6. The van der Waals surface area contributed by atoms with Crippen LogP contribution in [0, 0.1) is 11.6 Å². The van der Waals surface area contributed by atoms with E-state index in [0.29, 0.717) is 19.0 Å². The Morgan fingerprint density at radius 3 is 2.26 bits per heavy atom. The maximum atomic E-state index is 13.8. The average Bonchev–Trinajstić information content (AvgIpc) is 3.30. The van der Waals surface area contributed by atoms with E-state index in [9.17, 15) is 8.78 Å². The highest BCUT2D eigenvalue weighted by Gasteiger charge is 2.30. The molecule has 0 saturated carbocycles. The summed E-state index contributed by atoms with van der Waals surface area (Å²) in [5, 5.41) is 6.97. The Labute approximate surface area is 206 Å². The summed E-state index contributed by atoms with van der Waals surface area (Å²) in [6, 6.07) is 16.7. The lowest BCUT2D eigenvalue weighted by Gasteiger charge is -2.25. The maximum absolute atomic E-state index is 13.8. The minimum atomic E-state index is -0.494. The molecule has 3 aromatic carbocycles. The van der Waals surface area contributed by atoms with Crippen LogP contribution in [-0.4, -0.2) is 19.4 Å². The lowest BCUT2D eigenvalue weighted by atomic mass is 10.1. The van der Waals surface area contributed by atoms with Crippen LogP contribution in [0.15, 0.2) is 60.7 Å². The second-order valence-electron chi connectivity index (χ2n) is 7.79. The number of nitrogens with one attached hydrogen (secondary N) is 2. The first-order valence-corrected chi connectivity index (χ1v) is 12.2. The van der Waals surface area contributed by atoms with Crippen molar-refractivity contribution in [3.05, 3.63) is 83.4 Å². The summed E-state index contributed by atoms with van der Waals surface area (Å²) in [6.07, 6.45) is 0.490. The first kappa shape index (κ1) is 26.3. The van der Waals surface area contributed by atoms with Crippen molar-refractivity contribution in [1.82, 2.24) is 0 Å². The molecule has 35 heavy (non-hydrogen) atoms. The molecule has 0 radical (unpaired) electrons. The molecule has 1 aliphatic rings. The third kappa shape index (κ3) is 6.85. The van der Waals surface area contributed by atoms with E-state index in [1.165, 1.54) is 0 Å². The van der Waals surface area contributed by atoms with Gasteiger partial charge in [0.1, 0.15) is 42.0 Å². The van der Waals surface area contributed by atoms with Crippen LogP contribution in [0.3, 0.4) is 0 Å². The van der Waals surface area contributed by atoms with E-state index in [2.05, 4.69) is 17.6 Å². The van der Waals surface area contributed by atoms with Gasteiger partial charge in [0.25, 0.3) is 0 Å². The molecule has 0 aliphatic carbocycles. The average molecular weight is 485 g/mol. The van der Waals surface area contributed by atoms with Crippen LogP contribution in [-0.2, 0) is 11.3 Å². The predicted molar refractivity (Wildman–Crippen MR) is 136 cm³/mol. The van der Waals surface area contributed by atoms with Crippen molar-refractivity contribution in [2.75, 3.05) is 23.8 Å². The molecule has 188 valence electrons. The third-order valence-electron chi connectivity index (χ3n) is 5.34. The molecule has 0 aromatic heterocycles. The maximum Gasteiger partial charge on any atom is 0.130 e. The van der Waals surface area contributed by atoms with Crippen molar-refractivity contribution < 1.29 is 23.0 Å². The molecule has 7 heteroatoms. The monoisotopic (exact) mass is 484 g/mol. The Morgan fingerprint density at radius 1 is 0.829 bits per heavy atom. The number of halogens is 2. The van der Waals surface area contributed by atoms with Crippen LogP contribution in [0.25, 0.3) is 0 Å². The molecule has 2 atom stereocenters. The van der Waals surface area contributed by atoms with E-state index in [1.54, 1.807) is 0 Å². The Morgan fingerprint density at radius 2 is 1.54 bits per heavy atom. The van der Waals surface area contributed by atoms with Gasteiger partial charge in [-0.15, -0.1) is 0 Å². The van der Waals surface area contributed by atoms with Gasteiger partial charge in [-0.05, 0) is 61.4 Å². The number of hydrogen-bond donors (Lipinski definition) is 2. The summed E-state index contributed by atoms with van der Waals surface area (Å²) in [5.41, 5.74) is 3.10. The van der Waals surface area contributed by atoms with Gasteiger partial charge in [-0.25, -0.2) is 8.78 Å². The van der Waals surface area contributed by atoms with Gasteiger partial charge in [0.2, 0.25) is 0 Å². The molecule has 0 fully saturated rings. The zero-order chi connectivity index (χ0) is 25.2. The van der Waals surface area contributed by atoms with Gasteiger partial charge >= 0.3 is 0 Å². The van der Waals surface area contributed by atoms with Crippen molar-refractivity contribution in [3.63, 3.8) is 0 Å². The summed E-state index contributed by atoms with van der Waals surface area (Å²) in [5.74, 6) is 0.390. The van der Waals surface area contributed by atoms with Gasteiger partial charge in [0.05, 0.1) is 18.0 Å². The molecule has 1 heterocycles. The summed E-state index contributed by atoms with van der Waals surface area (Å²) < 4.78 is 44.6. The van der Waals surface area contributed by atoms with Gasteiger partial charge < -0.3 is 24.8 Å². The first-order valence-electron chi connectivity index (χ1n) is 12.2. The second kappa shape index (κ2) is 13.0. The van der Waals surface area contributed by atoms with Crippen LogP contribution >= 0.6 is 0 Å². The molecule has 0 amide bonds. The number of rotatable bonds is 10. The minimum Gasteiger partial charge on any atom is -0.494 e. The van der Waals surface area contributed by atoms with Crippen LogP contribution in [0.5, 0.6) is 11.5 Å². The highest BCUT2D eigenvalue weighted by molar-refractivity contribution is 5.76. The minimum absolute atomic E-state index is 0.0537. The highest BCUT2D eigenvalue weighted by atomic mass is 19.1. The van der Waals surface area contributed by atoms with E-state index < -0.39 is 11.6 Å². The predicted octanol–water partition coefficient (Wildman–Crippen LogP) is 7.30. The fraction of sp³-hybridized carbons (Fsp3) is 0.357. The van der Waals surface area contributed by atoms with Crippen molar-refractivity contribution in [1.29, 1.82) is 0 Å². The molecule has 2 unspecified atom stereocenters. The molecule has 3 aromatic rings. The van der Waals surface area contributed by atoms with E-state index in [4.69, 9.17) is 14.2 Å². The first-order chi connectivity index (χ1) is 17.1. The van der Waals surface area contributed by atoms with Crippen LogP contribution in [0.2, 0.25) is 0 Å². The number of anilines is 2. The standard InChI is InChI=1S/C26H28F2N2O3.C2H6/c1-3-13-32-25(26-29-23-12-10-21(31-4-2)15-24(23)30-26)17-5-8-20(9-6-17)33-16-18-14-19(27)7-11-22(18)28;1-2/h5-12,14-15,25-26,29-30H,3-4,13,16H2,1-2H3;1-2H3. The van der Waals surface area contributed by atoms with Gasteiger partial charge in [-0.2, -0.15) is 0 Å². The number of fused-ring (bicyclic) bond motifs is 1. The topological polar surface area (TPSA) is 51.8 Å². The molecular weight excluding hydrogens is 450 g/mol. The number of benzene rings is 3. The molecule has 0 saturated heterocycles. The molecule has 0 spiro atoms. The van der Waals surface area contributed by atoms with Crippen molar-refractivity contribution >= 4 is 11.4 Å². The zero-order valence-corrected chi connectivity index (χ0v) is 20.7. The molecule has 1 aliphatic heterocycles. The number of ether oxygens (including phenoxy) is 3. The fourth-order valence-corrected chi connectivity index (χ4v) is 3.75. The zero-order valence-electron chi connectivity index (χ0n) is 20.7. The molecule has 0 bridgehead atoms. The van der Waals surface area contributed by atoms with E-state index in [-0.39, 0.29) is 24.4 Å². The Kier molecular flexibility index (Phi) is 9.73. The van der Waals surface area contributed by atoms with E-state index in [0.717, 1.165) is 47.3 Å². The second-order valence-corrected chi connectivity index (χ2v) is 7.79. The smallest absolute Gasteiger partial charge is 0.130 e. The Hall–Kier alpha value is -3.32. The lowest BCUT2D eigenvalue weighted by Crippen LogP contribution is -2.32. The quantitative estimate of drug-likeness (QED) is 0.316. The molecule has 2 N–H and O–H groups in total. The molecule has 5 nitrogen and oxygen atoms in total. The summed E-state index contributed by atoms with van der Waals surface area (Å²) in [7, 11) is 0. The summed E-state index contributed by atoms with van der Waals surface area (Å²) in [4.78, 5) is 0. The SMILES string of the molecule is CC.CCCOC(c1ccc(OCc2cc(F)ccc2F)cc1)C1Nc2ccc(OCC)cc2N1. The van der Waals surface area contributed by atoms with E-state index in [1.807, 2.05) is 63.2 Å². The van der Waals surface area contributed by atoms with E-state index >= 15 is 0 Å². The lowest BCUT2D eigenvalue weighted by molar-refractivity contribution is 0.0457. The van der Waals surface area contributed by atoms with Crippen molar-refractivity contribution in [3.8, 4) is 11.5 Å². The Balaban J connectivity index is 0.00000167. The molecular formula is C28H34F2N2O3. The largest absolute Gasteiger partial charge is 0.494 e. The third-order valence-corrected chi connectivity index (χ3v) is 5.34. The summed E-state index contributed by atoms with van der Waals surface area (Å²) in [6.45, 7) is 9.19.